The van der Waals surface area contributed by atoms with E-state index in [9.17, 15) is 14.9 Å². The lowest BCUT2D eigenvalue weighted by Crippen LogP contribution is -2.37. The van der Waals surface area contributed by atoms with Gasteiger partial charge in [-0.25, -0.2) is 0 Å². The second kappa shape index (κ2) is 7.69. The highest BCUT2D eigenvalue weighted by Crippen LogP contribution is 2.31. The molecule has 1 aromatic heterocycles. The Bertz CT molecular complexity index is 786. The lowest BCUT2D eigenvalue weighted by molar-refractivity contribution is -0.384. The van der Waals surface area contributed by atoms with Gasteiger partial charge in [-0.3, -0.25) is 19.8 Å². The van der Waals surface area contributed by atoms with Crippen molar-refractivity contribution in [3.63, 3.8) is 0 Å². The molecule has 0 amide bonds. The molecule has 0 atom stereocenters. The Hall–Kier alpha value is -2.03. The first kappa shape index (κ1) is 16.8. The van der Waals surface area contributed by atoms with Crippen molar-refractivity contribution in [3.8, 4) is 0 Å². The number of fused-ring (bicyclic) bond motifs is 1. The number of benzene rings is 1. The van der Waals surface area contributed by atoms with Crippen LogP contribution in [0.2, 0.25) is 0 Å². The van der Waals surface area contributed by atoms with E-state index in [2.05, 4.69) is 10.2 Å². The molecular formula is C16H19N3O4S. The van der Waals surface area contributed by atoms with Crippen LogP contribution in [0, 0.1) is 10.1 Å². The maximum Gasteiger partial charge on any atom is 0.350 e. The standard InChI is InChI=1S/C16H19N3O4S/c20-16-15(19(21)22)14(12-4-1-2-5-13(12)24-16)17-6-3-7-18-8-10-23-11-9-18/h1-2,4-5,17H,3,6-11H2. The van der Waals surface area contributed by atoms with Crippen molar-refractivity contribution < 1.29 is 9.66 Å². The van der Waals surface area contributed by atoms with Gasteiger partial charge in [-0.15, -0.1) is 0 Å². The fourth-order valence-corrected chi connectivity index (χ4v) is 3.73. The predicted octanol–water partition coefficient (Wildman–Crippen LogP) is 2.30. The highest BCUT2D eigenvalue weighted by atomic mass is 32.1. The average molecular weight is 349 g/mol. The van der Waals surface area contributed by atoms with Crippen LogP contribution in [-0.2, 0) is 4.74 Å². The number of nitrogens with zero attached hydrogens (tertiary/aromatic N) is 2. The van der Waals surface area contributed by atoms with Crippen LogP contribution in [0.1, 0.15) is 6.42 Å². The summed E-state index contributed by atoms with van der Waals surface area (Å²) in [5.74, 6) is 0. The topological polar surface area (TPSA) is 84.7 Å². The van der Waals surface area contributed by atoms with Gasteiger partial charge in [-0.2, -0.15) is 0 Å². The molecule has 0 radical (unpaired) electrons. The van der Waals surface area contributed by atoms with E-state index in [-0.39, 0.29) is 5.69 Å². The van der Waals surface area contributed by atoms with Gasteiger partial charge < -0.3 is 10.1 Å². The number of anilines is 1. The van der Waals surface area contributed by atoms with E-state index in [1.54, 1.807) is 0 Å². The van der Waals surface area contributed by atoms with Crippen molar-refractivity contribution in [2.75, 3.05) is 44.7 Å². The predicted molar refractivity (Wildman–Crippen MR) is 95.1 cm³/mol. The van der Waals surface area contributed by atoms with Gasteiger partial charge in [-0.1, -0.05) is 29.5 Å². The van der Waals surface area contributed by atoms with Crippen molar-refractivity contribution in [1.82, 2.24) is 4.90 Å². The zero-order chi connectivity index (χ0) is 16.9. The van der Waals surface area contributed by atoms with Gasteiger partial charge >= 0.3 is 10.4 Å². The lowest BCUT2D eigenvalue weighted by Gasteiger charge is -2.26. The molecule has 0 bridgehead atoms. The zero-order valence-corrected chi connectivity index (χ0v) is 14.0. The minimum Gasteiger partial charge on any atom is -0.379 e. The second-order valence-corrected chi connectivity index (χ2v) is 6.62. The van der Waals surface area contributed by atoms with Crippen LogP contribution >= 0.6 is 11.3 Å². The SMILES string of the molecule is O=c1sc2ccccc2c(NCCCN2CCOCC2)c1[N+](=O)[O-]. The lowest BCUT2D eigenvalue weighted by atomic mass is 10.2. The van der Waals surface area contributed by atoms with Gasteiger partial charge in [0.25, 0.3) is 0 Å². The van der Waals surface area contributed by atoms with E-state index >= 15 is 0 Å². The molecule has 1 aliphatic rings. The number of rotatable bonds is 6. The number of hydrogen-bond acceptors (Lipinski definition) is 7. The number of ether oxygens (including phenoxy) is 1. The Kier molecular flexibility index (Phi) is 5.39. The molecule has 2 aromatic rings. The van der Waals surface area contributed by atoms with Crippen molar-refractivity contribution >= 4 is 32.8 Å². The summed E-state index contributed by atoms with van der Waals surface area (Å²) in [4.78, 5) is 25.1. The van der Waals surface area contributed by atoms with E-state index in [1.807, 2.05) is 24.3 Å². The van der Waals surface area contributed by atoms with Crippen LogP contribution in [0.3, 0.4) is 0 Å². The summed E-state index contributed by atoms with van der Waals surface area (Å²) in [5.41, 5.74) is -0.0219. The molecular weight excluding hydrogens is 330 g/mol. The van der Waals surface area contributed by atoms with E-state index in [1.165, 1.54) is 0 Å². The average Bonchev–Trinajstić information content (AvgIpc) is 2.58. The highest BCUT2D eigenvalue weighted by Gasteiger charge is 2.22. The quantitative estimate of drug-likeness (QED) is 0.489. The van der Waals surface area contributed by atoms with Crippen molar-refractivity contribution in [1.29, 1.82) is 0 Å². The Labute approximate surface area is 143 Å². The molecule has 0 saturated carbocycles. The normalized spacial score (nSPS) is 15.5. The maximum atomic E-state index is 12.1. The number of hydrogen-bond donors (Lipinski definition) is 1. The minimum absolute atomic E-state index is 0.335. The molecule has 128 valence electrons. The Morgan fingerprint density at radius 1 is 1.29 bits per heavy atom. The summed E-state index contributed by atoms with van der Waals surface area (Å²) in [5, 5.41) is 15.2. The van der Waals surface area contributed by atoms with Gasteiger partial charge in [0.2, 0.25) is 0 Å². The molecule has 0 spiro atoms. The number of morpholine rings is 1. The van der Waals surface area contributed by atoms with Crippen LogP contribution in [0.25, 0.3) is 10.1 Å². The fraction of sp³-hybridized carbons (Fsp3) is 0.438. The molecule has 0 unspecified atom stereocenters. The molecule has 8 heteroatoms. The van der Waals surface area contributed by atoms with Crippen LogP contribution in [0.15, 0.2) is 29.1 Å². The fourth-order valence-electron chi connectivity index (χ4n) is 2.83. The Morgan fingerprint density at radius 2 is 2.04 bits per heavy atom. The summed E-state index contributed by atoms with van der Waals surface area (Å²) >= 11 is 0.913. The monoisotopic (exact) mass is 349 g/mol. The van der Waals surface area contributed by atoms with Gasteiger partial charge in [0.1, 0.15) is 5.69 Å². The molecule has 1 aromatic carbocycles. The first-order valence-electron chi connectivity index (χ1n) is 7.91. The van der Waals surface area contributed by atoms with E-state index in [0.29, 0.717) is 12.2 Å². The molecule has 1 N–H and O–H groups in total. The number of nitro groups is 1. The molecule has 7 nitrogen and oxygen atoms in total. The van der Waals surface area contributed by atoms with Gasteiger partial charge in [-0.05, 0) is 19.0 Å². The van der Waals surface area contributed by atoms with Crippen molar-refractivity contribution in [2.24, 2.45) is 0 Å². The third-order valence-corrected chi connectivity index (χ3v) is 4.98. The van der Waals surface area contributed by atoms with E-state index in [0.717, 1.165) is 60.7 Å². The summed E-state index contributed by atoms with van der Waals surface area (Å²) in [6, 6.07) is 7.26. The molecule has 2 heterocycles. The van der Waals surface area contributed by atoms with Crippen LogP contribution in [0.5, 0.6) is 0 Å². The number of nitrogens with one attached hydrogen (secondary N) is 1. The molecule has 3 rings (SSSR count). The first-order chi connectivity index (χ1) is 11.7. The highest BCUT2D eigenvalue weighted by molar-refractivity contribution is 7.16. The zero-order valence-electron chi connectivity index (χ0n) is 13.2. The molecule has 0 aliphatic carbocycles. The van der Waals surface area contributed by atoms with Crippen LogP contribution in [0.4, 0.5) is 11.4 Å². The van der Waals surface area contributed by atoms with Crippen LogP contribution in [-0.4, -0.2) is 49.2 Å². The molecule has 24 heavy (non-hydrogen) atoms. The summed E-state index contributed by atoms with van der Waals surface area (Å²) in [6.45, 7) is 4.83. The maximum absolute atomic E-state index is 12.1. The van der Waals surface area contributed by atoms with Crippen molar-refractivity contribution in [2.45, 2.75) is 6.42 Å². The second-order valence-electron chi connectivity index (χ2n) is 5.60. The van der Waals surface area contributed by atoms with E-state index in [4.69, 9.17) is 4.74 Å². The van der Waals surface area contributed by atoms with Gasteiger partial charge in [0, 0.05) is 29.7 Å². The summed E-state index contributed by atoms with van der Waals surface area (Å²) in [7, 11) is 0. The molecule has 1 fully saturated rings. The summed E-state index contributed by atoms with van der Waals surface area (Å²) < 4.78 is 5.55. The first-order valence-corrected chi connectivity index (χ1v) is 8.72. The van der Waals surface area contributed by atoms with E-state index < -0.39 is 9.67 Å². The third-order valence-electron chi connectivity index (χ3n) is 4.03. The summed E-state index contributed by atoms with van der Waals surface area (Å²) in [6.07, 6.45) is 0.845. The Morgan fingerprint density at radius 3 is 2.79 bits per heavy atom. The molecule has 1 saturated heterocycles. The largest absolute Gasteiger partial charge is 0.379 e. The van der Waals surface area contributed by atoms with Crippen molar-refractivity contribution in [3.05, 3.63) is 43.9 Å². The van der Waals surface area contributed by atoms with Gasteiger partial charge in [0.05, 0.1) is 18.1 Å². The van der Waals surface area contributed by atoms with Crippen LogP contribution < -0.4 is 10.1 Å². The minimum atomic E-state index is -0.588. The third kappa shape index (κ3) is 3.72. The Balaban J connectivity index is 1.75. The smallest absolute Gasteiger partial charge is 0.350 e. The molecule has 1 aliphatic heterocycles. The van der Waals surface area contributed by atoms with Gasteiger partial charge in [0.15, 0.2) is 0 Å².